The summed E-state index contributed by atoms with van der Waals surface area (Å²) >= 11 is 3.32. The van der Waals surface area contributed by atoms with Crippen molar-refractivity contribution in [2.24, 2.45) is 5.73 Å². The Hall–Kier alpha value is -4.49. The molecule has 4 rings (SSSR count). The van der Waals surface area contributed by atoms with Crippen LogP contribution in [0.4, 0.5) is 24.8 Å². The summed E-state index contributed by atoms with van der Waals surface area (Å²) in [5.41, 5.74) is 7.65. The number of carbonyl (C=O) groups is 1. The van der Waals surface area contributed by atoms with Crippen LogP contribution in [0.15, 0.2) is 77.5 Å². The van der Waals surface area contributed by atoms with E-state index < -0.39 is 30.3 Å². The summed E-state index contributed by atoms with van der Waals surface area (Å²) in [6, 6.07) is 15.7. The molecule has 0 saturated heterocycles. The molecule has 2 aromatic carbocycles. The number of benzene rings is 2. The quantitative estimate of drug-likeness (QED) is 0.101. The number of carbonyl (C=O) groups excluding carboxylic acids is 1. The first kappa shape index (κ1) is 30.5. The van der Waals surface area contributed by atoms with Crippen LogP contribution in [0.3, 0.4) is 0 Å². The second-order valence-electron chi connectivity index (χ2n) is 9.21. The molecule has 9 nitrogen and oxygen atoms in total. The van der Waals surface area contributed by atoms with Crippen molar-refractivity contribution in [1.29, 1.82) is 5.41 Å². The Bertz CT molecular complexity index is 1580. The minimum Gasteiger partial charge on any atom is -0.394 e. The molecule has 0 aliphatic rings. The minimum atomic E-state index is -4.71. The van der Waals surface area contributed by atoms with Crippen molar-refractivity contribution in [1.82, 2.24) is 15.3 Å². The number of nitrogen functional groups attached to an aromatic ring is 1. The van der Waals surface area contributed by atoms with Crippen molar-refractivity contribution in [3.05, 3.63) is 105 Å². The molecule has 2 heterocycles. The number of anilines is 2. The van der Waals surface area contributed by atoms with E-state index in [-0.39, 0.29) is 23.8 Å². The molecule has 42 heavy (non-hydrogen) atoms. The molecule has 0 radical (unpaired) electrons. The molecule has 1 amide bonds. The second-order valence-corrected chi connectivity index (χ2v) is 10.1. The predicted octanol–water partition coefficient (Wildman–Crippen LogP) is 5.33. The van der Waals surface area contributed by atoms with Gasteiger partial charge in [-0.1, -0.05) is 52.3 Å². The van der Waals surface area contributed by atoms with Crippen molar-refractivity contribution in [3.8, 4) is 11.1 Å². The summed E-state index contributed by atoms with van der Waals surface area (Å²) in [5.74, 6) is -0.513. The zero-order valence-electron chi connectivity index (χ0n) is 22.3. The van der Waals surface area contributed by atoms with Crippen molar-refractivity contribution in [2.75, 3.05) is 24.3 Å². The SMILES string of the molecule is CNc1ncc(-c2ccc(CNc3ncc(C(F)(F)F)cc3C(=O)NC(CO)c3ccc(Br)cc3)cc2)cc1C(=N)N. The van der Waals surface area contributed by atoms with E-state index in [2.05, 4.69) is 41.8 Å². The molecule has 0 spiro atoms. The van der Waals surface area contributed by atoms with Gasteiger partial charge in [-0.3, -0.25) is 10.2 Å². The van der Waals surface area contributed by atoms with E-state index in [9.17, 15) is 23.1 Å². The first-order chi connectivity index (χ1) is 20.0. The molecule has 13 heteroatoms. The highest BCUT2D eigenvalue weighted by Crippen LogP contribution is 2.31. The number of alkyl halides is 3. The van der Waals surface area contributed by atoms with Crippen molar-refractivity contribution < 1.29 is 23.1 Å². The lowest BCUT2D eigenvalue weighted by Gasteiger charge is -2.19. The molecule has 0 bridgehead atoms. The monoisotopic (exact) mass is 641 g/mol. The van der Waals surface area contributed by atoms with Crippen LogP contribution in [-0.4, -0.2) is 40.5 Å². The summed E-state index contributed by atoms with van der Waals surface area (Å²) in [6.45, 7) is -0.305. The number of hydrogen-bond acceptors (Lipinski definition) is 7. The largest absolute Gasteiger partial charge is 0.417 e. The zero-order chi connectivity index (χ0) is 30.4. The number of aliphatic hydroxyl groups excluding tert-OH is 1. The molecule has 4 aromatic rings. The number of nitrogens with zero attached hydrogens (tertiary/aromatic N) is 2. The Balaban J connectivity index is 1.55. The molecular formula is C29H27BrF3N7O2. The molecule has 7 N–H and O–H groups in total. The average Bonchev–Trinajstić information content (AvgIpc) is 2.98. The third kappa shape index (κ3) is 7.22. The van der Waals surface area contributed by atoms with Crippen LogP contribution in [0.5, 0.6) is 0 Å². The van der Waals surface area contributed by atoms with Gasteiger partial charge in [-0.2, -0.15) is 13.2 Å². The lowest BCUT2D eigenvalue weighted by atomic mass is 10.0. The normalized spacial score (nSPS) is 12.0. The number of aliphatic hydroxyl groups is 1. The topological polar surface area (TPSA) is 149 Å². The van der Waals surface area contributed by atoms with Crippen LogP contribution in [0.25, 0.3) is 11.1 Å². The molecule has 1 unspecified atom stereocenters. The van der Waals surface area contributed by atoms with Crippen LogP contribution in [-0.2, 0) is 12.7 Å². The highest BCUT2D eigenvalue weighted by Gasteiger charge is 2.33. The standard InChI is InChI=1S/C29H27BrF3N7O2/c1-36-26-22(25(34)35)10-19(13-38-26)17-4-2-16(3-5-17)12-37-27-23(11-20(14-39-27)29(31,32)33)28(42)40-24(15-41)18-6-8-21(30)9-7-18/h2-11,13-14,24,41H,12,15H2,1H3,(H3,34,35)(H,36,38)(H,37,39)(H,40,42). The maximum Gasteiger partial charge on any atom is 0.417 e. The molecule has 218 valence electrons. The number of aromatic nitrogens is 2. The zero-order valence-corrected chi connectivity index (χ0v) is 23.8. The van der Waals surface area contributed by atoms with Gasteiger partial charge >= 0.3 is 6.18 Å². The Morgan fingerprint density at radius 3 is 2.26 bits per heavy atom. The summed E-state index contributed by atoms with van der Waals surface area (Å²) in [7, 11) is 1.68. The van der Waals surface area contributed by atoms with Gasteiger partial charge in [-0.05, 0) is 41.0 Å². The number of rotatable bonds is 10. The van der Waals surface area contributed by atoms with E-state index in [0.717, 1.165) is 27.2 Å². The van der Waals surface area contributed by atoms with Crippen LogP contribution < -0.4 is 21.7 Å². The van der Waals surface area contributed by atoms with Crippen molar-refractivity contribution >= 4 is 39.3 Å². The smallest absolute Gasteiger partial charge is 0.394 e. The maximum atomic E-state index is 13.5. The van der Waals surface area contributed by atoms with Gasteiger partial charge in [-0.15, -0.1) is 0 Å². The number of halogens is 4. The molecule has 1 atom stereocenters. The van der Waals surface area contributed by atoms with Gasteiger partial charge in [-0.25, -0.2) is 9.97 Å². The van der Waals surface area contributed by atoms with Gasteiger partial charge < -0.3 is 26.8 Å². The second kappa shape index (κ2) is 13.0. The number of nitrogens with one attached hydrogen (secondary N) is 4. The number of pyridine rings is 2. The van der Waals surface area contributed by atoms with Crippen LogP contribution in [0, 0.1) is 5.41 Å². The number of amides is 1. The van der Waals surface area contributed by atoms with Gasteiger partial charge in [0.1, 0.15) is 17.5 Å². The summed E-state index contributed by atoms with van der Waals surface area (Å²) in [4.78, 5) is 21.4. The molecule has 0 fully saturated rings. The summed E-state index contributed by atoms with van der Waals surface area (Å²) in [5, 5.41) is 26.1. The molecule has 0 aliphatic heterocycles. The van der Waals surface area contributed by atoms with Crippen molar-refractivity contribution in [2.45, 2.75) is 18.8 Å². The minimum absolute atomic E-state index is 0.0463. The Morgan fingerprint density at radius 1 is 1.00 bits per heavy atom. The van der Waals surface area contributed by atoms with Crippen molar-refractivity contribution in [3.63, 3.8) is 0 Å². The van der Waals surface area contributed by atoms with Gasteiger partial charge in [0, 0.05) is 36.0 Å². The van der Waals surface area contributed by atoms with E-state index in [1.54, 1.807) is 55.7 Å². The van der Waals surface area contributed by atoms with Gasteiger partial charge in [0.2, 0.25) is 0 Å². The maximum absolute atomic E-state index is 13.5. The highest BCUT2D eigenvalue weighted by atomic mass is 79.9. The lowest BCUT2D eigenvalue weighted by molar-refractivity contribution is -0.137. The van der Waals surface area contributed by atoms with E-state index >= 15 is 0 Å². The Labute approximate surface area is 248 Å². The van der Waals surface area contributed by atoms with Gasteiger partial charge in [0.05, 0.1) is 29.3 Å². The fourth-order valence-electron chi connectivity index (χ4n) is 4.13. The molecule has 0 saturated carbocycles. The van der Waals surface area contributed by atoms with E-state index in [1.807, 2.05) is 12.1 Å². The Morgan fingerprint density at radius 2 is 1.67 bits per heavy atom. The number of hydrogen-bond donors (Lipinski definition) is 6. The number of nitrogens with two attached hydrogens (primary N) is 1. The third-order valence-corrected chi connectivity index (χ3v) is 6.91. The van der Waals surface area contributed by atoms with E-state index in [0.29, 0.717) is 23.1 Å². The first-order valence-corrected chi connectivity index (χ1v) is 13.4. The third-order valence-electron chi connectivity index (χ3n) is 6.38. The first-order valence-electron chi connectivity index (χ1n) is 12.6. The lowest BCUT2D eigenvalue weighted by Crippen LogP contribution is -2.31. The molecular weight excluding hydrogens is 615 g/mol. The molecule has 2 aromatic heterocycles. The van der Waals surface area contributed by atoms with Gasteiger partial charge in [0.25, 0.3) is 5.91 Å². The highest BCUT2D eigenvalue weighted by molar-refractivity contribution is 9.10. The van der Waals surface area contributed by atoms with Crippen LogP contribution >= 0.6 is 15.9 Å². The van der Waals surface area contributed by atoms with Crippen LogP contribution in [0.1, 0.15) is 38.7 Å². The Kier molecular flexibility index (Phi) is 9.43. The fraction of sp³-hybridized carbons (Fsp3) is 0.172. The average molecular weight is 642 g/mol. The van der Waals surface area contributed by atoms with Crippen LogP contribution in [0.2, 0.25) is 0 Å². The van der Waals surface area contributed by atoms with E-state index in [4.69, 9.17) is 11.1 Å². The molecule has 0 aliphatic carbocycles. The predicted molar refractivity (Wildman–Crippen MR) is 158 cm³/mol. The van der Waals surface area contributed by atoms with E-state index in [1.165, 1.54) is 0 Å². The summed E-state index contributed by atoms with van der Waals surface area (Å²) in [6.07, 6.45) is -2.40. The van der Waals surface area contributed by atoms with Gasteiger partial charge in [0.15, 0.2) is 0 Å². The summed E-state index contributed by atoms with van der Waals surface area (Å²) < 4.78 is 41.2. The fourth-order valence-corrected chi connectivity index (χ4v) is 4.39. The number of amidine groups is 1.